The van der Waals surface area contributed by atoms with E-state index in [-0.39, 0.29) is 6.42 Å². The van der Waals surface area contributed by atoms with Crippen LogP contribution in [0.1, 0.15) is 32.8 Å². The van der Waals surface area contributed by atoms with Gasteiger partial charge >= 0.3 is 6.09 Å². The van der Waals surface area contributed by atoms with Crippen LogP contribution >= 0.6 is 22.6 Å². The lowest BCUT2D eigenvalue weighted by Crippen LogP contribution is -2.43. The summed E-state index contributed by atoms with van der Waals surface area (Å²) in [6.07, 6.45) is -0.477. The normalized spacial score (nSPS) is 12.6. The summed E-state index contributed by atoms with van der Waals surface area (Å²) in [5.41, 5.74) is 0.316. The second-order valence-corrected chi connectivity index (χ2v) is 7.00. The first-order valence-corrected chi connectivity index (χ1v) is 7.67. The molecule has 0 aliphatic heterocycles. The molecule has 0 bridgehead atoms. The van der Waals surface area contributed by atoms with Crippen molar-refractivity contribution in [3.05, 3.63) is 33.4 Å². The quantitative estimate of drug-likeness (QED) is 0.761. The molecule has 0 fully saturated rings. The van der Waals surface area contributed by atoms with Crippen LogP contribution in [0.4, 0.5) is 4.79 Å². The molecule has 0 saturated carbocycles. The summed E-state index contributed by atoms with van der Waals surface area (Å²) in [6, 6.07) is 7.10. The molecule has 0 aromatic heterocycles. The fraction of sp³-hybridized carbons (Fsp3) is 0.467. The van der Waals surface area contributed by atoms with Gasteiger partial charge in [0.05, 0.1) is 0 Å². The van der Waals surface area contributed by atoms with Crippen molar-refractivity contribution in [2.24, 2.45) is 0 Å². The summed E-state index contributed by atoms with van der Waals surface area (Å²) in [5.74, 6) is -1.21. The minimum absolute atomic E-state index is 0.259. The molecule has 21 heavy (non-hydrogen) atoms. The topological polar surface area (TPSA) is 78.5 Å². The smallest absolute Gasteiger partial charge is 0.407 e. The summed E-state index contributed by atoms with van der Waals surface area (Å²) < 4.78 is 6.23. The van der Waals surface area contributed by atoms with Gasteiger partial charge in [-0.15, -0.1) is 0 Å². The Morgan fingerprint density at radius 3 is 2.33 bits per heavy atom. The average Bonchev–Trinajstić information content (AvgIpc) is 2.28. The summed E-state index contributed by atoms with van der Waals surface area (Å²) in [7, 11) is 0. The second-order valence-electron chi connectivity index (χ2n) is 5.75. The number of nitrogens with one attached hydrogen (secondary N) is 1. The van der Waals surface area contributed by atoms with Crippen LogP contribution < -0.4 is 10.4 Å². The molecule has 0 unspecified atom stereocenters. The number of amides is 1. The zero-order chi connectivity index (χ0) is 16.0. The highest BCUT2D eigenvalue weighted by Crippen LogP contribution is 2.11. The molecule has 6 heteroatoms. The number of aliphatic carboxylic acids is 1. The van der Waals surface area contributed by atoms with Crippen LogP contribution in [0, 0.1) is 3.57 Å². The number of carboxylic acids is 1. The molecule has 1 rings (SSSR count). The fourth-order valence-electron chi connectivity index (χ4n) is 1.75. The number of hydrogen-bond acceptors (Lipinski definition) is 4. The third-order valence-corrected chi connectivity index (χ3v) is 3.25. The lowest BCUT2D eigenvalue weighted by molar-refractivity contribution is -0.306. The molecular weight excluding hydrogens is 385 g/mol. The lowest BCUT2D eigenvalue weighted by atomic mass is 10.0. The molecule has 0 radical (unpaired) electrons. The molecule has 1 amide bonds. The second kappa shape index (κ2) is 7.63. The summed E-state index contributed by atoms with van der Waals surface area (Å²) in [5, 5.41) is 13.4. The zero-order valence-corrected chi connectivity index (χ0v) is 14.5. The number of hydrogen-bond donors (Lipinski definition) is 1. The molecular formula is C15H19INO4-. The Hall–Kier alpha value is -1.31. The van der Waals surface area contributed by atoms with Gasteiger partial charge in [0, 0.05) is 22.0 Å². The Morgan fingerprint density at radius 2 is 1.86 bits per heavy atom. The van der Waals surface area contributed by atoms with Gasteiger partial charge in [-0.25, -0.2) is 4.79 Å². The van der Waals surface area contributed by atoms with Crippen molar-refractivity contribution in [3.63, 3.8) is 0 Å². The van der Waals surface area contributed by atoms with Crippen molar-refractivity contribution in [3.8, 4) is 0 Å². The predicted octanol–water partition coefficient (Wildman–Crippen LogP) is 1.87. The third-order valence-electron chi connectivity index (χ3n) is 2.53. The van der Waals surface area contributed by atoms with Gasteiger partial charge in [0.1, 0.15) is 5.60 Å². The first-order valence-electron chi connectivity index (χ1n) is 6.59. The van der Waals surface area contributed by atoms with E-state index in [0.29, 0.717) is 6.42 Å². The Balaban J connectivity index is 2.69. The van der Waals surface area contributed by atoms with Gasteiger partial charge in [-0.1, -0.05) is 12.1 Å². The Bertz CT molecular complexity index is 493. The summed E-state index contributed by atoms with van der Waals surface area (Å²) >= 11 is 2.19. The van der Waals surface area contributed by atoms with Crippen LogP contribution in [0.15, 0.2) is 24.3 Å². The van der Waals surface area contributed by atoms with Crippen LogP contribution in [0.25, 0.3) is 0 Å². The molecule has 5 nitrogen and oxygen atoms in total. The van der Waals surface area contributed by atoms with E-state index in [1.54, 1.807) is 20.8 Å². The van der Waals surface area contributed by atoms with E-state index in [2.05, 4.69) is 27.9 Å². The van der Waals surface area contributed by atoms with E-state index in [0.717, 1.165) is 9.13 Å². The van der Waals surface area contributed by atoms with Crippen LogP contribution in [0.3, 0.4) is 0 Å². The van der Waals surface area contributed by atoms with Gasteiger partial charge in [0.15, 0.2) is 0 Å². The maximum atomic E-state index is 11.7. The van der Waals surface area contributed by atoms with Gasteiger partial charge in [-0.2, -0.15) is 0 Å². The molecule has 0 aliphatic rings. The van der Waals surface area contributed by atoms with Gasteiger partial charge in [-0.05, 0) is 67.5 Å². The van der Waals surface area contributed by atoms with Crippen molar-refractivity contribution >= 4 is 34.7 Å². The highest BCUT2D eigenvalue weighted by Gasteiger charge is 2.20. The fourth-order valence-corrected chi connectivity index (χ4v) is 2.11. The van der Waals surface area contributed by atoms with Gasteiger partial charge in [-0.3, -0.25) is 0 Å². The monoisotopic (exact) mass is 404 g/mol. The van der Waals surface area contributed by atoms with Crippen molar-refractivity contribution in [2.75, 3.05) is 0 Å². The predicted molar refractivity (Wildman–Crippen MR) is 85.6 cm³/mol. The number of benzene rings is 1. The Labute approximate surface area is 138 Å². The minimum atomic E-state index is -1.21. The van der Waals surface area contributed by atoms with Crippen molar-refractivity contribution in [2.45, 2.75) is 45.3 Å². The van der Waals surface area contributed by atoms with E-state index in [1.807, 2.05) is 24.3 Å². The molecule has 1 aromatic rings. The van der Waals surface area contributed by atoms with Crippen LogP contribution in [-0.2, 0) is 16.0 Å². The third kappa shape index (κ3) is 7.89. The van der Waals surface area contributed by atoms with Crippen LogP contribution in [-0.4, -0.2) is 23.7 Å². The Morgan fingerprint density at radius 1 is 1.29 bits per heavy atom. The minimum Gasteiger partial charge on any atom is -0.550 e. The van der Waals surface area contributed by atoms with E-state index in [1.165, 1.54) is 0 Å². The molecule has 0 heterocycles. The van der Waals surface area contributed by atoms with Crippen molar-refractivity contribution < 1.29 is 19.4 Å². The number of rotatable bonds is 5. The van der Waals surface area contributed by atoms with E-state index in [9.17, 15) is 14.7 Å². The highest BCUT2D eigenvalue weighted by atomic mass is 127. The van der Waals surface area contributed by atoms with Gasteiger partial charge in [0.25, 0.3) is 0 Å². The SMILES string of the molecule is CC(C)(C)OC(=O)N[C@@H](CC(=O)[O-])Cc1ccc(I)cc1. The maximum Gasteiger partial charge on any atom is 0.407 e. The standard InChI is InChI=1S/C15H20INO4/c1-15(2,3)21-14(20)17-12(9-13(18)19)8-10-4-6-11(16)7-5-10/h4-7,12H,8-9H2,1-3H3,(H,17,20)(H,18,19)/p-1/t12-/m1/s1. The number of carbonyl (C=O) groups excluding carboxylic acids is 2. The average molecular weight is 404 g/mol. The number of ether oxygens (including phenoxy) is 1. The van der Waals surface area contributed by atoms with Crippen LogP contribution in [0.5, 0.6) is 0 Å². The van der Waals surface area contributed by atoms with E-state index >= 15 is 0 Å². The zero-order valence-electron chi connectivity index (χ0n) is 12.3. The molecule has 0 saturated heterocycles. The molecule has 0 aliphatic carbocycles. The highest BCUT2D eigenvalue weighted by molar-refractivity contribution is 14.1. The maximum absolute atomic E-state index is 11.7. The summed E-state index contributed by atoms with van der Waals surface area (Å²) in [4.78, 5) is 22.6. The lowest BCUT2D eigenvalue weighted by Gasteiger charge is -2.24. The first-order chi connectivity index (χ1) is 9.65. The summed E-state index contributed by atoms with van der Waals surface area (Å²) in [6.45, 7) is 5.25. The number of carboxylic acid groups (broad SMARTS) is 1. The molecule has 0 spiro atoms. The number of halogens is 1. The molecule has 1 atom stereocenters. The van der Waals surface area contributed by atoms with E-state index in [4.69, 9.17) is 4.74 Å². The number of alkyl carbamates (subject to hydrolysis) is 1. The number of carbonyl (C=O) groups is 2. The van der Waals surface area contributed by atoms with Gasteiger partial charge < -0.3 is 20.0 Å². The van der Waals surface area contributed by atoms with Crippen molar-refractivity contribution in [1.29, 1.82) is 0 Å². The largest absolute Gasteiger partial charge is 0.550 e. The van der Waals surface area contributed by atoms with E-state index < -0.39 is 23.7 Å². The van der Waals surface area contributed by atoms with Crippen LogP contribution in [0.2, 0.25) is 0 Å². The molecule has 1 N–H and O–H groups in total. The first kappa shape index (κ1) is 17.7. The molecule has 1 aromatic carbocycles. The van der Waals surface area contributed by atoms with Crippen molar-refractivity contribution in [1.82, 2.24) is 5.32 Å². The molecule has 116 valence electrons. The Kier molecular flexibility index (Phi) is 6.44. The van der Waals surface area contributed by atoms with Gasteiger partial charge in [0.2, 0.25) is 0 Å².